The number of nitrogens with zero attached hydrogens (tertiary/aromatic N) is 4. The van der Waals surface area contributed by atoms with Crippen molar-refractivity contribution < 1.29 is 9.72 Å². The largest absolute Gasteiger partial charge is 0.368 e. The topological polar surface area (TPSA) is 82.0 Å². The molecule has 2 aromatic rings. The van der Waals surface area contributed by atoms with E-state index in [2.05, 4.69) is 15.1 Å². The Morgan fingerprint density at radius 2 is 1.67 bits per heavy atom. The lowest BCUT2D eigenvalue weighted by molar-refractivity contribution is -0.384. The lowest BCUT2D eigenvalue weighted by Crippen LogP contribution is -2.52. The second kappa shape index (κ2) is 10.4. The van der Waals surface area contributed by atoms with Gasteiger partial charge in [0.1, 0.15) is 5.69 Å². The van der Waals surface area contributed by atoms with Crippen LogP contribution >= 0.6 is 23.8 Å². The van der Waals surface area contributed by atoms with Crippen LogP contribution in [0.25, 0.3) is 0 Å². The second-order valence-electron chi connectivity index (χ2n) is 8.19. The highest BCUT2D eigenvalue weighted by atomic mass is 35.5. The van der Waals surface area contributed by atoms with Crippen LogP contribution in [0.1, 0.15) is 29.6 Å². The number of hydrogen-bond donors (Lipinski definition) is 1. The molecule has 2 saturated heterocycles. The number of halogens is 1. The van der Waals surface area contributed by atoms with E-state index < -0.39 is 0 Å². The van der Waals surface area contributed by atoms with Gasteiger partial charge >= 0.3 is 0 Å². The molecule has 0 saturated carbocycles. The van der Waals surface area contributed by atoms with Gasteiger partial charge in [0, 0.05) is 51.0 Å². The quantitative estimate of drug-likeness (QED) is 0.395. The molecule has 2 aromatic carbocycles. The Bertz CT molecular complexity index is 1050. The number of anilines is 2. The van der Waals surface area contributed by atoms with E-state index in [1.807, 2.05) is 17.0 Å². The van der Waals surface area contributed by atoms with Crippen molar-refractivity contribution in [2.24, 2.45) is 0 Å². The zero-order chi connectivity index (χ0) is 23.4. The van der Waals surface area contributed by atoms with Crippen LogP contribution in [0.5, 0.6) is 0 Å². The SMILES string of the molecule is O=C(NC(=S)N1CCN(c2ccc([N+](=O)[O-])c(N3CCCCC3)c2)CC1)c1ccccc1Cl. The first-order chi connectivity index (χ1) is 15.9. The molecule has 33 heavy (non-hydrogen) atoms. The third-order valence-corrected chi connectivity index (χ3v) is 6.81. The molecule has 2 aliphatic heterocycles. The molecule has 0 unspecified atom stereocenters. The molecule has 2 heterocycles. The van der Waals surface area contributed by atoms with Gasteiger partial charge in [0.15, 0.2) is 5.11 Å². The molecule has 0 aliphatic carbocycles. The number of amides is 1. The summed E-state index contributed by atoms with van der Waals surface area (Å²) in [6.07, 6.45) is 3.27. The number of piperazine rings is 1. The minimum Gasteiger partial charge on any atom is -0.368 e. The van der Waals surface area contributed by atoms with E-state index in [1.165, 1.54) is 6.42 Å². The first-order valence-corrected chi connectivity index (χ1v) is 11.9. The maximum atomic E-state index is 12.5. The van der Waals surface area contributed by atoms with Crippen molar-refractivity contribution in [3.8, 4) is 0 Å². The predicted molar refractivity (Wildman–Crippen MR) is 134 cm³/mol. The molecular formula is C23H26ClN5O3S. The highest BCUT2D eigenvalue weighted by molar-refractivity contribution is 7.80. The van der Waals surface area contributed by atoms with Crippen molar-refractivity contribution in [1.29, 1.82) is 0 Å². The van der Waals surface area contributed by atoms with E-state index >= 15 is 0 Å². The van der Waals surface area contributed by atoms with Gasteiger partial charge in [0.25, 0.3) is 11.6 Å². The van der Waals surface area contributed by atoms with Crippen molar-refractivity contribution in [2.75, 3.05) is 49.1 Å². The van der Waals surface area contributed by atoms with E-state index in [4.69, 9.17) is 23.8 Å². The van der Waals surface area contributed by atoms with Gasteiger partial charge in [0.05, 0.1) is 15.5 Å². The average Bonchev–Trinajstić information content (AvgIpc) is 2.84. The Balaban J connectivity index is 1.40. The van der Waals surface area contributed by atoms with Gasteiger partial charge in [-0.2, -0.15) is 0 Å². The fraction of sp³-hybridized carbons (Fsp3) is 0.391. The number of hydrogen-bond acceptors (Lipinski definition) is 6. The molecule has 10 heteroatoms. The van der Waals surface area contributed by atoms with Gasteiger partial charge in [-0.25, -0.2) is 0 Å². The van der Waals surface area contributed by atoms with Gasteiger partial charge in [-0.1, -0.05) is 23.7 Å². The first-order valence-electron chi connectivity index (χ1n) is 11.1. The normalized spacial score (nSPS) is 16.5. The number of nitro benzene ring substituents is 1. The fourth-order valence-corrected chi connectivity index (χ4v) is 4.80. The number of thiocarbonyl (C=S) groups is 1. The monoisotopic (exact) mass is 487 g/mol. The van der Waals surface area contributed by atoms with Crippen LogP contribution in [-0.2, 0) is 0 Å². The smallest absolute Gasteiger partial charge is 0.292 e. The number of carbonyl (C=O) groups excluding carboxylic acids is 1. The standard InChI is InChI=1S/C23H26ClN5O3S/c24-19-7-3-2-6-18(19)22(30)25-23(33)28-14-12-26(13-15-28)17-8-9-20(29(31)32)21(16-17)27-10-4-1-5-11-27/h2-3,6-9,16H,1,4-5,10-15H2,(H,25,30,33). The number of nitro groups is 1. The van der Waals surface area contributed by atoms with Crippen LogP contribution in [-0.4, -0.2) is 60.1 Å². The van der Waals surface area contributed by atoms with Crippen LogP contribution in [0.3, 0.4) is 0 Å². The minimum absolute atomic E-state index is 0.155. The zero-order valence-corrected chi connectivity index (χ0v) is 19.8. The zero-order valence-electron chi connectivity index (χ0n) is 18.2. The lowest BCUT2D eigenvalue weighted by Gasteiger charge is -2.37. The third kappa shape index (κ3) is 5.36. The first kappa shape index (κ1) is 23.3. The maximum absolute atomic E-state index is 12.5. The average molecular weight is 488 g/mol. The Kier molecular flexibility index (Phi) is 7.29. The Morgan fingerprint density at radius 1 is 0.970 bits per heavy atom. The van der Waals surface area contributed by atoms with Gasteiger partial charge < -0.3 is 14.7 Å². The van der Waals surface area contributed by atoms with Gasteiger partial charge in [-0.3, -0.25) is 20.2 Å². The summed E-state index contributed by atoms with van der Waals surface area (Å²) in [7, 11) is 0. The third-order valence-electron chi connectivity index (χ3n) is 6.12. The molecule has 0 aromatic heterocycles. The number of nitrogens with one attached hydrogen (secondary N) is 1. The summed E-state index contributed by atoms with van der Waals surface area (Å²) in [5.74, 6) is -0.324. The van der Waals surface area contributed by atoms with Crippen LogP contribution in [0.15, 0.2) is 42.5 Å². The molecular weight excluding hydrogens is 462 g/mol. The maximum Gasteiger partial charge on any atom is 0.292 e. The summed E-state index contributed by atoms with van der Waals surface area (Å²) in [4.78, 5) is 30.1. The molecule has 1 amide bonds. The van der Waals surface area contributed by atoms with Crippen molar-refractivity contribution in [3.05, 3.63) is 63.2 Å². The van der Waals surface area contributed by atoms with E-state index in [0.717, 1.165) is 31.6 Å². The van der Waals surface area contributed by atoms with Gasteiger partial charge in [0.2, 0.25) is 0 Å². The van der Waals surface area contributed by atoms with E-state index in [-0.39, 0.29) is 16.5 Å². The van der Waals surface area contributed by atoms with Crippen LogP contribution < -0.4 is 15.1 Å². The molecule has 0 spiro atoms. The molecule has 1 N–H and O–H groups in total. The molecule has 0 atom stereocenters. The predicted octanol–water partition coefficient (Wildman–Crippen LogP) is 4.08. The summed E-state index contributed by atoms with van der Waals surface area (Å²) in [5.41, 5.74) is 2.20. The number of piperidine rings is 1. The van der Waals surface area contributed by atoms with Crippen LogP contribution in [0.2, 0.25) is 5.02 Å². The molecule has 2 fully saturated rings. The van der Waals surface area contributed by atoms with Crippen LogP contribution in [0.4, 0.5) is 17.1 Å². The fourth-order valence-electron chi connectivity index (χ4n) is 4.31. The van der Waals surface area contributed by atoms with Gasteiger partial charge in [-0.15, -0.1) is 0 Å². The van der Waals surface area contributed by atoms with Crippen molar-refractivity contribution in [3.63, 3.8) is 0 Å². The highest BCUT2D eigenvalue weighted by Gasteiger charge is 2.25. The molecule has 8 nitrogen and oxygen atoms in total. The summed E-state index contributed by atoms with van der Waals surface area (Å²) < 4.78 is 0. The molecule has 0 bridgehead atoms. The molecule has 174 valence electrons. The van der Waals surface area contributed by atoms with Crippen molar-refractivity contribution in [2.45, 2.75) is 19.3 Å². The lowest BCUT2D eigenvalue weighted by atomic mass is 10.1. The van der Waals surface area contributed by atoms with Gasteiger partial charge in [-0.05, 0) is 55.7 Å². The van der Waals surface area contributed by atoms with E-state index in [9.17, 15) is 14.9 Å². The number of benzene rings is 2. The Labute approximate surface area is 203 Å². The Hall–Kier alpha value is -2.91. The minimum atomic E-state index is -0.324. The number of rotatable bonds is 4. The van der Waals surface area contributed by atoms with E-state index in [1.54, 1.807) is 30.3 Å². The van der Waals surface area contributed by atoms with Crippen molar-refractivity contribution >= 4 is 51.9 Å². The van der Waals surface area contributed by atoms with Crippen molar-refractivity contribution in [1.82, 2.24) is 10.2 Å². The summed E-state index contributed by atoms with van der Waals surface area (Å²) in [5, 5.41) is 15.1. The molecule has 4 rings (SSSR count). The van der Waals surface area contributed by atoms with E-state index in [0.29, 0.717) is 47.6 Å². The molecule has 0 radical (unpaired) electrons. The summed E-state index contributed by atoms with van der Waals surface area (Å²) in [6.45, 7) is 4.35. The number of carbonyl (C=O) groups is 1. The second-order valence-corrected chi connectivity index (χ2v) is 8.98. The van der Waals surface area contributed by atoms with Crippen LogP contribution in [0, 0.1) is 10.1 Å². The Morgan fingerprint density at radius 3 is 2.33 bits per heavy atom. The molecule has 2 aliphatic rings. The highest BCUT2D eigenvalue weighted by Crippen LogP contribution is 2.34. The summed E-state index contributed by atoms with van der Waals surface area (Å²) in [6, 6.07) is 12.2. The summed E-state index contributed by atoms with van der Waals surface area (Å²) >= 11 is 11.6.